The Morgan fingerprint density at radius 3 is 1.75 bits per heavy atom. The third kappa shape index (κ3) is 3.29. The molecule has 0 radical (unpaired) electrons. The Bertz CT molecular complexity index is 1840. The van der Waals surface area contributed by atoms with Crippen LogP contribution in [0.3, 0.4) is 0 Å². The summed E-state index contributed by atoms with van der Waals surface area (Å²) in [7, 11) is 0. The molecule has 1 aliphatic heterocycles. The normalized spacial score (nSPS) is 18.9. The molecule has 0 fully saturated rings. The molecule has 3 aliphatic rings. The van der Waals surface area contributed by atoms with E-state index in [1.165, 1.54) is 44.5 Å². The maximum absolute atomic E-state index is 5.60. The highest BCUT2D eigenvalue weighted by Crippen LogP contribution is 2.63. The maximum Gasteiger partial charge on any atom is 0.0760 e. The van der Waals surface area contributed by atoms with E-state index in [-0.39, 0.29) is 0 Å². The second-order valence-corrected chi connectivity index (χ2v) is 11.6. The highest BCUT2D eigenvalue weighted by atomic mass is 79.9. The van der Waals surface area contributed by atoms with E-state index in [1.54, 1.807) is 0 Å². The Kier molecular flexibility index (Phi) is 5.40. The van der Waals surface area contributed by atoms with Crippen molar-refractivity contribution in [1.82, 2.24) is 0 Å². The van der Waals surface area contributed by atoms with Crippen LogP contribution < -0.4 is 0 Å². The topological polar surface area (TPSA) is 12.4 Å². The molecule has 0 atom stereocenters. The second-order valence-electron chi connectivity index (χ2n) is 10.7. The molecule has 5 aromatic carbocycles. The molecule has 5 aromatic rings. The quantitative estimate of drug-likeness (QED) is 0.198. The van der Waals surface area contributed by atoms with E-state index in [1.807, 2.05) is 0 Å². The van der Waals surface area contributed by atoms with Gasteiger partial charge in [0.2, 0.25) is 0 Å². The van der Waals surface area contributed by atoms with Gasteiger partial charge in [-0.3, -0.25) is 0 Å². The molecule has 0 saturated carbocycles. The number of fused-ring (bicyclic) bond motifs is 9. The van der Waals surface area contributed by atoms with Crippen LogP contribution in [0.25, 0.3) is 22.4 Å². The summed E-state index contributed by atoms with van der Waals surface area (Å²) >= 11 is 3.61. The lowest BCUT2D eigenvalue weighted by atomic mass is 9.67. The van der Waals surface area contributed by atoms with E-state index in [0.29, 0.717) is 0 Å². The number of aliphatic imine (C=N–C) groups is 1. The van der Waals surface area contributed by atoms with Gasteiger partial charge in [-0.15, -0.1) is 0 Å². The van der Waals surface area contributed by atoms with Gasteiger partial charge < -0.3 is 0 Å². The highest BCUT2D eigenvalue weighted by molar-refractivity contribution is 9.10. The molecule has 1 heterocycles. The van der Waals surface area contributed by atoms with Gasteiger partial charge in [0.25, 0.3) is 0 Å². The van der Waals surface area contributed by atoms with Crippen molar-refractivity contribution in [1.29, 1.82) is 0 Å². The van der Waals surface area contributed by atoms with Crippen LogP contribution in [0.5, 0.6) is 0 Å². The van der Waals surface area contributed by atoms with Gasteiger partial charge in [-0.2, -0.15) is 0 Å². The van der Waals surface area contributed by atoms with Crippen molar-refractivity contribution >= 4 is 32.9 Å². The molecule has 0 saturated heterocycles. The van der Waals surface area contributed by atoms with Crippen LogP contribution in [0.4, 0.5) is 0 Å². The maximum atomic E-state index is 5.60. The minimum atomic E-state index is -0.421. The van der Waals surface area contributed by atoms with E-state index in [9.17, 15) is 0 Å². The van der Waals surface area contributed by atoms with Crippen LogP contribution in [0.15, 0.2) is 149 Å². The van der Waals surface area contributed by atoms with E-state index in [2.05, 4.69) is 149 Å². The molecule has 0 aromatic heterocycles. The molecule has 0 bridgehead atoms. The van der Waals surface area contributed by atoms with Crippen molar-refractivity contribution in [3.63, 3.8) is 0 Å². The summed E-state index contributed by atoms with van der Waals surface area (Å²) in [6, 6.07) is 46.4. The number of rotatable bonds is 2. The van der Waals surface area contributed by atoms with Crippen LogP contribution in [-0.4, -0.2) is 5.71 Å². The Balaban J connectivity index is 1.50. The fraction of sp³-hybridized carbons (Fsp3) is 0.0789. The first-order chi connectivity index (χ1) is 19.8. The monoisotopic (exact) mass is 575 g/mol. The van der Waals surface area contributed by atoms with Crippen molar-refractivity contribution in [2.24, 2.45) is 4.99 Å². The molecule has 8 rings (SSSR count). The minimum absolute atomic E-state index is 0.421. The standard InChI is InChI=1S/C38H26BrN/c39-27-23-21-25(22-24-27)35-20-10-16-31-30-15-6-9-19-34(30)38(36(31)37(40-35)26-11-2-1-3-12-26)32-17-7-4-13-28(32)29-14-5-8-18-33(29)38/h1-9,11-15,17-24H,10,16H2/b35-20-,40-37-. The predicted octanol–water partition coefficient (Wildman–Crippen LogP) is 9.86. The summed E-state index contributed by atoms with van der Waals surface area (Å²) in [5, 5.41) is 0. The van der Waals surface area contributed by atoms with Gasteiger partial charge in [-0.1, -0.05) is 137 Å². The SMILES string of the molecule is Brc1ccc(C2=C/CCC3=C(/C(c4ccccc4)=N\2)C2(c4ccccc43)c3ccccc3-c3ccccc32)cc1. The van der Waals surface area contributed by atoms with Crippen LogP contribution in [0, 0.1) is 0 Å². The van der Waals surface area contributed by atoms with Crippen LogP contribution >= 0.6 is 15.9 Å². The Morgan fingerprint density at radius 2 is 1.10 bits per heavy atom. The minimum Gasteiger partial charge on any atom is -0.248 e. The highest BCUT2D eigenvalue weighted by Gasteiger charge is 2.54. The summed E-state index contributed by atoms with van der Waals surface area (Å²) < 4.78 is 1.07. The zero-order valence-corrected chi connectivity index (χ0v) is 23.5. The largest absolute Gasteiger partial charge is 0.248 e. The van der Waals surface area contributed by atoms with Gasteiger partial charge in [-0.25, -0.2) is 4.99 Å². The Hall–Kier alpha value is -4.27. The summed E-state index contributed by atoms with van der Waals surface area (Å²) in [6.07, 6.45) is 4.22. The molecule has 0 N–H and O–H groups in total. The molecule has 0 unspecified atom stereocenters. The van der Waals surface area contributed by atoms with Crippen molar-refractivity contribution in [3.8, 4) is 11.1 Å². The van der Waals surface area contributed by atoms with E-state index < -0.39 is 5.41 Å². The van der Waals surface area contributed by atoms with Crippen LogP contribution in [-0.2, 0) is 5.41 Å². The molecule has 2 heteroatoms. The van der Waals surface area contributed by atoms with Gasteiger partial charge in [-0.05, 0) is 69.5 Å². The molecule has 1 nitrogen and oxygen atoms in total. The van der Waals surface area contributed by atoms with Crippen LogP contribution in [0.2, 0.25) is 0 Å². The number of benzene rings is 5. The average Bonchev–Trinajstić information content (AvgIpc) is 3.45. The number of nitrogens with zero attached hydrogens (tertiary/aromatic N) is 1. The molecule has 40 heavy (non-hydrogen) atoms. The van der Waals surface area contributed by atoms with Gasteiger partial charge in [0.05, 0.1) is 16.8 Å². The first-order valence-corrected chi connectivity index (χ1v) is 14.7. The van der Waals surface area contributed by atoms with Crippen molar-refractivity contribution in [2.45, 2.75) is 18.3 Å². The van der Waals surface area contributed by atoms with Gasteiger partial charge >= 0.3 is 0 Å². The number of allylic oxidation sites excluding steroid dienone is 3. The lowest BCUT2D eigenvalue weighted by molar-refractivity contribution is 0.794. The summed E-state index contributed by atoms with van der Waals surface area (Å²) in [4.78, 5) is 5.60. The zero-order chi connectivity index (χ0) is 26.7. The van der Waals surface area contributed by atoms with E-state index in [0.717, 1.165) is 39.8 Å². The average molecular weight is 577 g/mol. The third-order valence-electron chi connectivity index (χ3n) is 8.67. The molecule has 190 valence electrons. The molecule has 0 amide bonds. The predicted molar refractivity (Wildman–Crippen MR) is 169 cm³/mol. The summed E-state index contributed by atoms with van der Waals surface area (Å²) in [5.74, 6) is 0. The summed E-state index contributed by atoms with van der Waals surface area (Å²) in [6.45, 7) is 0. The van der Waals surface area contributed by atoms with Gasteiger partial charge in [0.1, 0.15) is 0 Å². The van der Waals surface area contributed by atoms with Gasteiger partial charge in [0.15, 0.2) is 0 Å². The molecular weight excluding hydrogens is 550 g/mol. The Labute approximate surface area is 243 Å². The Morgan fingerprint density at radius 1 is 0.550 bits per heavy atom. The zero-order valence-electron chi connectivity index (χ0n) is 21.9. The van der Waals surface area contributed by atoms with Crippen LogP contribution in [0.1, 0.15) is 46.2 Å². The number of halogens is 1. The summed E-state index contributed by atoms with van der Waals surface area (Å²) in [5.41, 5.74) is 14.8. The van der Waals surface area contributed by atoms with E-state index >= 15 is 0 Å². The molecular formula is C38H26BrN. The fourth-order valence-electron chi connectivity index (χ4n) is 7.13. The van der Waals surface area contributed by atoms with E-state index in [4.69, 9.17) is 4.99 Å². The molecule has 2 aliphatic carbocycles. The lowest BCUT2D eigenvalue weighted by Crippen LogP contribution is -2.32. The second kappa shape index (κ2) is 9.15. The van der Waals surface area contributed by atoms with Crippen molar-refractivity contribution in [3.05, 3.63) is 177 Å². The van der Waals surface area contributed by atoms with Crippen molar-refractivity contribution < 1.29 is 0 Å². The third-order valence-corrected chi connectivity index (χ3v) is 9.20. The van der Waals surface area contributed by atoms with Crippen molar-refractivity contribution in [2.75, 3.05) is 0 Å². The number of hydrogen-bond acceptors (Lipinski definition) is 1. The number of hydrogen-bond donors (Lipinski definition) is 0. The first kappa shape index (κ1) is 23.6. The lowest BCUT2D eigenvalue weighted by Gasteiger charge is -2.34. The first-order valence-electron chi connectivity index (χ1n) is 13.9. The fourth-order valence-corrected chi connectivity index (χ4v) is 7.39. The molecule has 1 spiro atoms. The smallest absolute Gasteiger partial charge is 0.0760 e. The van der Waals surface area contributed by atoms with Gasteiger partial charge in [0, 0.05) is 15.6 Å².